The molecule has 3 aromatic carbocycles. The average Bonchev–Trinajstić information content (AvgIpc) is 3.12. The first-order valence-electron chi connectivity index (χ1n) is 8.59. The molecule has 0 radical (unpaired) electrons. The van der Waals surface area contributed by atoms with Gasteiger partial charge in [-0.1, -0.05) is 41.9 Å². The molecule has 1 amide bonds. The molecular weight excluding hydrogens is 350 g/mol. The van der Waals surface area contributed by atoms with E-state index >= 15 is 0 Å². The second kappa shape index (κ2) is 6.01. The lowest BCUT2D eigenvalue weighted by Gasteiger charge is -2.32. The number of amides is 1. The molecule has 5 heteroatoms. The Kier molecular flexibility index (Phi) is 3.62. The minimum Gasteiger partial charge on any atom is -0.493 e. The highest BCUT2D eigenvalue weighted by Gasteiger charge is 2.45. The third-order valence-corrected chi connectivity index (χ3v) is 5.35. The summed E-state index contributed by atoms with van der Waals surface area (Å²) in [5.41, 5.74) is 1.59. The lowest BCUT2D eigenvalue weighted by molar-refractivity contribution is -0.0965. The van der Waals surface area contributed by atoms with Gasteiger partial charge < -0.3 is 4.74 Å². The van der Waals surface area contributed by atoms with E-state index in [-0.39, 0.29) is 17.9 Å². The number of carbonyl (C=O) groups excluding carboxylic acids is 1. The quantitative estimate of drug-likeness (QED) is 0.631. The number of ether oxygens (including phenoxy) is 1. The highest BCUT2D eigenvalue weighted by Crippen LogP contribution is 2.47. The molecule has 0 spiro atoms. The normalized spacial score (nSPS) is 21.2. The van der Waals surface area contributed by atoms with Crippen molar-refractivity contribution in [2.24, 2.45) is 5.92 Å². The van der Waals surface area contributed by atoms with Crippen LogP contribution in [-0.2, 0) is 4.84 Å². The first-order valence-corrected chi connectivity index (χ1v) is 8.96. The smallest absolute Gasteiger partial charge is 0.278 e. The number of hydrogen-bond donors (Lipinski definition) is 0. The second-order valence-electron chi connectivity index (χ2n) is 6.65. The van der Waals surface area contributed by atoms with E-state index in [0.29, 0.717) is 23.8 Å². The Morgan fingerprint density at radius 1 is 1.00 bits per heavy atom. The Hall–Kier alpha value is -2.56. The summed E-state index contributed by atoms with van der Waals surface area (Å²) >= 11 is 5.95. The van der Waals surface area contributed by atoms with Crippen LogP contribution in [0.1, 0.15) is 22.0 Å². The molecule has 2 aliphatic rings. The number of halogens is 1. The maximum Gasteiger partial charge on any atom is 0.278 e. The van der Waals surface area contributed by atoms with Crippen LogP contribution in [0.3, 0.4) is 0 Å². The van der Waals surface area contributed by atoms with Crippen molar-refractivity contribution in [3.05, 3.63) is 76.8 Å². The lowest BCUT2D eigenvalue weighted by Crippen LogP contribution is -2.35. The van der Waals surface area contributed by atoms with Crippen molar-refractivity contribution in [1.29, 1.82) is 0 Å². The van der Waals surface area contributed by atoms with Crippen LogP contribution in [0.4, 0.5) is 0 Å². The molecule has 4 nitrogen and oxygen atoms in total. The molecule has 2 heterocycles. The molecule has 130 valence electrons. The molecule has 0 unspecified atom stereocenters. The van der Waals surface area contributed by atoms with Crippen LogP contribution >= 0.6 is 11.6 Å². The van der Waals surface area contributed by atoms with Crippen LogP contribution in [0.5, 0.6) is 5.75 Å². The standard InChI is InChI=1S/C21H16ClNO3/c22-16-8-5-14(6-9-16)21(24)23-20-15(12-26-23)11-25-18-10-7-13-3-1-2-4-17(13)19(18)20/h1-10,15,20H,11-12H2/t15-,20+/m1/s1. The molecule has 3 aromatic rings. The SMILES string of the molecule is O=C(c1ccc(Cl)cc1)N1OC[C@H]2COc3ccc4ccccc4c3[C@H]21. The van der Waals surface area contributed by atoms with Gasteiger partial charge in [0.2, 0.25) is 0 Å². The van der Waals surface area contributed by atoms with Crippen LogP contribution in [-0.4, -0.2) is 24.2 Å². The number of fused-ring (bicyclic) bond motifs is 5. The monoisotopic (exact) mass is 365 g/mol. The van der Waals surface area contributed by atoms with Crippen molar-refractivity contribution < 1.29 is 14.4 Å². The van der Waals surface area contributed by atoms with Crippen LogP contribution in [0, 0.1) is 5.92 Å². The Morgan fingerprint density at radius 2 is 1.81 bits per heavy atom. The Balaban J connectivity index is 1.62. The van der Waals surface area contributed by atoms with Crippen LogP contribution < -0.4 is 4.74 Å². The minimum absolute atomic E-state index is 0.115. The molecule has 2 atom stereocenters. The van der Waals surface area contributed by atoms with E-state index in [4.69, 9.17) is 21.2 Å². The summed E-state index contributed by atoms with van der Waals surface area (Å²) in [5, 5.41) is 4.34. The van der Waals surface area contributed by atoms with Gasteiger partial charge >= 0.3 is 0 Å². The fraction of sp³-hybridized carbons (Fsp3) is 0.190. The third kappa shape index (κ3) is 2.37. The number of rotatable bonds is 1. The maximum atomic E-state index is 13.1. The van der Waals surface area contributed by atoms with Crippen molar-refractivity contribution in [1.82, 2.24) is 5.06 Å². The molecule has 2 aliphatic heterocycles. The number of nitrogens with zero attached hydrogens (tertiary/aromatic N) is 1. The number of hydrogen-bond acceptors (Lipinski definition) is 3. The summed E-state index contributed by atoms with van der Waals surface area (Å²) in [5.74, 6) is 0.781. The predicted octanol–water partition coefficient (Wildman–Crippen LogP) is 4.63. The highest BCUT2D eigenvalue weighted by atomic mass is 35.5. The summed E-state index contributed by atoms with van der Waals surface area (Å²) in [6, 6.07) is 18.9. The Labute approximate surface area is 155 Å². The molecule has 0 aromatic heterocycles. The molecule has 0 bridgehead atoms. The van der Waals surface area contributed by atoms with Gasteiger partial charge in [0.15, 0.2) is 0 Å². The molecular formula is C21H16ClNO3. The van der Waals surface area contributed by atoms with Gasteiger partial charge in [-0.05, 0) is 41.1 Å². The summed E-state index contributed by atoms with van der Waals surface area (Å²) in [7, 11) is 0. The fourth-order valence-electron chi connectivity index (χ4n) is 3.84. The van der Waals surface area contributed by atoms with E-state index < -0.39 is 0 Å². The van der Waals surface area contributed by atoms with Crippen LogP contribution in [0.15, 0.2) is 60.7 Å². The molecule has 1 fully saturated rings. The van der Waals surface area contributed by atoms with Crippen LogP contribution in [0.2, 0.25) is 5.02 Å². The van der Waals surface area contributed by atoms with E-state index in [1.165, 1.54) is 5.06 Å². The van der Waals surface area contributed by atoms with Crippen molar-refractivity contribution in [2.45, 2.75) is 6.04 Å². The van der Waals surface area contributed by atoms with Crippen molar-refractivity contribution in [3.8, 4) is 5.75 Å². The molecule has 1 saturated heterocycles. The Bertz CT molecular complexity index is 1000. The van der Waals surface area contributed by atoms with Crippen LogP contribution in [0.25, 0.3) is 10.8 Å². The highest BCUT2D eigenvalue weighted by molar-refractivity contribution is 6.30. The lowest BCUT2D eigenvalue weighted by atomic mass is 9.88. The third-order valence-electron chi connectivity index (χ3n) is 5.10. The van der Waals surface area contributed by atoms with Gasteiger partial charge in [-0.25, -0.2) is 5.06 Å². The molecule has 0 aliphatic carbocycles. The molecule has 26 heavy (non-hydrogen) atoms. The van der Waals surface area contributed by atoms with E-state index in [0.717, 1.165) is 22.1 Å². The average molecular weight is 366 g/mol. The van der Waals surface area contributed by atoms with E-state index in [9.17, 15) is 4.79 Å². The van der Waals surface area contributed by atoms with E-state index in [1.807, 2.05) is 18.2 Å². The topological polar surface area (TPSA) is 38.8 Å². The van der Waals surface area contributed by atoms with Gasteiger partial charge in [0.1, 0.15) is 5.75 Å². The van der Waals surface area contributed by atoms with Gasteiger partial charge in [-0.15, -0.1) is 0 Å². The van der Waals surface area contributed by atoms with Crippen molar-refractivity contribution >= 4 is 28.3 Å². The maximum absolute atomic E-state index is 13.1. The van der Waals surface area contributed by atoms with Crippen molar-refractivity contribution in [2.75, 3.05) is 13.2 Å². The zero-order chi connectivity index (χ0) is 17.7. The van der Waals surface area contributed by atoms with E-state index in [1.54, 1.807) is 24.3 Å². The number of hydroxylamine groups is 2. The molecule has 0 saturated carbocycles. The van der Waals surface area contributed by atoms with Gasteiger partial charge in [0.25, 0.3) is 5.91 Å². The number of benzene rings is 3. The molecule has 5 rings (SSSR count). The largest absolute Gasteiger partial charge is 0.493 e. The van der Waals surface area contributed by atoms with Gasteiger partial charge in [-0.3, -0.25) is 9.63 Å². The van der Waals surface area contributed by atoms with E-state index in [2.05, 4.69) is 18.2 Å². The molecule has 0 N–H and O–H groups in total. The van der Waals surface area contributed by atoms with Gasteiger partial charge in [0.05, 0.1) is 19.3 Å². The number of carbonyl (C=O) groups is 1. The van der Waals surface area contributed by atoms with Gasteiger partial charge in [-0.2, -0.15) is 0 Å². The second-order valence-corrected chi connectivity index (χ2v) is 7.08. The zero-order valence-electron chi connectivity index (χ0n) is 13.9. The first-order chi connectivity index (χ1) is 12.7. The summed E-state index contributed by atoms with van der Waals surface area (Å²) in [4.78, 5) is 18.9. The summed E-state index contributed by atoms with van der Waals surface area (Å²) in [6.45, 7) is 1.01. The first kappa shape index (κ1) is 15.7. The summed E-state index contributed by atoms with van der Waals surface area (Å²) < 4.78 is 5.96. The summed E-state index contributed by atoms with van der Waals surface area (Å²) in [6.07, 6.45) is 0. The van der Waals surface area contributed by atoms with Gasteiger partial charge in [0, 0.05) is 22.1 Å². The van der Waals surface area contributed by atoms with Crippen molar-refractivity contribution in [3.63, 3.8) is 0 Å². The predicted molar refractivity (Wildman–Crippen MR) is 99.2 cm³/mol. The Morgan fingerprint density at radius 3 is 2.65 bits per heavy atom. The zero-order valence-corrected chi connectivity index (χ0v) is 14.6. The fourth-order valence-corrected chi connectivity index (χ4v) is 3.97. The minimum atomic E-state index is -0.159.